The van der Waals surface area contributed by atoms with E-state index in [4.69, 9.17) is 15.3 Å². The lowest BCUT2D eigenvalue weighted by molar-refractivity contribution is 0.118. The maximum atomic E-state index is 5.45. The lowest BCUT2D eigenvalue weighted by atomic mass is 10.2. The number of nitrogens with one attached hydrogen (secondary N) is 2. The number of nitrogens with zero attached hydrogens (tertiary/aromatic N) is 3. The zero-order valence-electron chi connectivity index (χ0n) is 11.6. The van der Waals surface area contributed by atoms with E-state index in [2.05, 4.69) is 39.5 Å². The highest BCUT2D eigenvalue weighted by Gasteiger charge is 2.05. The van der Waals surface area contributed by atoms with Crippen molar-refractivity contribution in [2.45, 2.75) is 20.8 Å². The Morgan fingerprint density at radius 2 is 1.95 bits per heavy atom. The van der Waals surface area contributed by atoms with Gasteiger partial charge in [0.05, 0.1) is 13.2 Å². The van der Waals surface area contributed by atoms with Gasteiger partial charge in [-0.15, -0.1) is 0 Å². The molecule has 19 heavy (non-hydrogen) atoms. The summed E-state index contributed by atoms with van der Waals surface area (Å²) in [5, 5.41) is 3.03. The zero-order valence-corrected chi connectivity index (χ0v) is 11.6. The van der Waals surface area contributed by atoms with Gasteiger partial charge in [-0.3, -0.25) is 5.43 Å². The summed E-state index contributed by atoms with van der Waals surface area (Å²) in [6.07, 6.45) is 0. The zero-order chi connectivity index (χ0) is 14.1. The van der Waals surface area contributed by atoms with Gasteiger partial charge in [-0.05, 0) is 12.8 Å². The van der Waals surface area contributed by atoms with Gasteiger partial charge in [0.2, 0.25) is 11.9 Å². The van der Waals surface area contributed by atoms with Crippen LogP contribution in [0.15, 0.2) is 0 Å². The van der Waals surface area contributed by atoms with Crippen molar-refractivity contribution < 1.29 is 9.47 Å². The van der Waals surface area contributed by atoms with Crippen LogP contribution in [0.25, 0.3) is 0 Å². The first-order chi connectivity index (χ1) is 9.15. The average molecular weight is 270 g/mol. The number of anilines is 2. The van der Waals surface area contributed by atoms with E-state index < -0.39 is 0 Å². The summed E-state index contributed by atoms with van der Waals surface area (Å²) in [4.78, 5) is 12.1. The minimum Gasteiger partial charge on any atom is -0.464 e. The first-order valence-corrected chi connectivity index (χ1v) is 6.32. The third-order valence-corrected chi connectivity index (χ3v) is 2.00. The van der Waals surface area contributed by atoms with Crippen molar-refractivity contribution in [3.05, 3.63) is 0 Å². The van der Waals surface area contributed by atoms with Gasteiger partial charge in [-0.25, -0.2) is 5.84 Å². The first-order valence-electron chi connectivity index (χ1n) is 6.32. The number of nitrogen functional groups attached to an aromatic ring is 1. The van der Waals surface area contributed by atoms with Crippen LogP contribution in [0.1, 0.15) is 20.8 Å². The predicted molar refractivity (Wildman–Crippen MR) is 73.0 cm³/mol. The Morgan fingerprint density at radius 1 is 1.21 bits per heavy atom. The Kier molecular flexibility index (Phi) is 6.83. The summed E-state index contributed by atoms with van der Waals surface area (Å²) >= 11 is 0. The molecule has 1 rings (SSSR count). The predicted octanol–water partition coefficient (Wildman–Crippen LogP) is 0.640. The van der Waals surface area contributed by atoms with Crippen molar-refractivity contribution in [1.82, 2.24) is 15.0 Å². The minimum atomic E-state index is 0.232. The van der Waals surface area contributed by atoms with Gasteiger partial charge >= 0.3 is 6.01 Å². The van der Waals surface area contributed by atoms with Crippen LogP contribution in [0.2, 0.25) is 0 Å². The van der Waals surface area contributed by atoms with E-state index in [-0.39, 0.29) is 12.0 Å². The molecule has 0 amide bonds. The fourth-order valence-corrected chi connectivity index (χ4v) is 1.25. The summed E-state index contributed by atoms with van der Waals surface area (Å²) in [5.74, 6) is 6.46. The van der Waals surface area contributed by atoms with Crippen LogP contribution in [-0.2, 0) is 4.74 Å². The molecule has 8 nitrogen and oxygen atoms in total. The van der Waals surface area contributed by atoms with Crippen LogP contribution in [0.3, 0.4) is 0 Å². The van der Waals surface area contributed by atoms with Gasteiger partial charge in [-0.1, -0.05) is 13.8 Å². The molecule has 4 N–H and O–H groups in total. The van der Waals surface area contributed by atoms with Crippen LogP contribution in [0.5, 0.6) is 6.01 Å². The molecule has 0 aliphatic heterocycles. The third-order valence-electron chi connectivity index (χ3n) is 2.00. The van der Waals surface area contributed by atoms with Crippen molar-refractivity contribution in [2.24, 2.45) is 11.8 Å². The van der Waals surface area contributed by atoms with Gasteiger partial charge in [0.1, 0.15) is 0 Å². The molecule has 0 atom stereocenters. The lowest BCUT2D eigenvalue weighted by Gasteiger charge is -2.09. The largest absolute Gasteiger partial charge is 0.464 e. The summed E-state index contributed by atoms with van der Waals surface area (Å²) < 4.78 is 10.7. The number of aromatic nitrogens is 3. The molecule has 1 heterocycles. The van der Waals surface area contributed by atoms with Gasteiger partial charge < -0.3 is 14.8 Å². The van der Waals surface area contributed by atoms with Crippen molar-refractivity contribution in [3.8, 4) is 6.01 Å². The van der Waals surface area contributed by atoms with E-state index in [9.17, 15) is 0 Å². The molecule has 0 spiro atoms. The Bertz CT molecular complexity index is 374. The quantitative estimate of drug-likeness (QED) is 0.341. The smallest absolute Gasteiger partial charge is 0.323 e. The maximum absolute atomic E-state index is 5.45. The second-order valence-corrected chi connectivity index (χ2v) is 4.24. The molecule has 0 unspecified atom stereocenters. The van der Waals surface area contributed by atoms with Gasteiger partial charge in [0, 0.05) is 13.2 Å². The van der Waals surface area contributed by atoms with Crippen molar-refractivity contribution in [1.29, 1.82) is 0 Å². The SMILES string of the molecule is CCOc1nc(NN)nc(NCCOCC(C)C)n1. The molecule has 0 fully saturated rings. The molecular formula is C11H22N6O2. The van der Waals surface area contributed by atoms with Crippen LogP contribution in [0.4, 0.5) is 11.9 Å². The fourth-order valence-electron chi connectivity index (χ4n) is 1.25. The van der Waals surface area contributed by atoms with E-state index >= 15 is 0 Å². The Balaban J connectivity index is 2.45. The van der Waals surface area contributed by atoms with E-state index in [1.165, 1.54) is 0 Å². The van der Waals surface area contributed by atoms with Crippen molar-refractivity contribution >= 4 is 11.9 Å². The number of nitrogens with two attached hydrogens (primary N) is 1. The number of ether oxygens (including phenoxy) is 2. The molecule has 0 aliphatic rings. The van der Waals surface area contributed by atoms with E-state index in [1.54, 1.807) is 0 Å². The number of hydrazine groups is 1. The van der Waals surface area contributed by atoms with E-state index in [0.29, 0.717) is 31.6 Å². The van der Waals surface area contributed by atoms with Gasteiger partial charge in [0.25, 0.3) is 0 Å². The van der Waals surface area contributed by atoms with Crippen LogP contribution < -0.4 is 21.3 Å². The van der Waals surface area contributed by atoms with Crippen molar-refractivity contribution in [3.63, 3.8) is 0 Å². The summed E-state index contributed by atoms with van der Waals surface area (Å²) in [6.45, 7) is 8.46. The molecule has 1 aromatic rings. The monoisotopic (exact) mass is 270 g/mol. The summed E-state index contributed by atoms with van der Waals surface area (Å²) in [7, 11) is 0. The van der Waals surface area contributed by atoms with Crippen molar-refractivity contribution in [2.75, 3.05) is 37.1 Å². The average Bonchev–Trinajstić information content (AvgIpc) is 2.38. The van der Waals surface area contributed by atoms with Crippen LogP contribution >= 0.6 is 0 Å². The summed E-state index contributed by atoms with van der Waals surface area (Å²) in [5.41, 5.74) is 2.37. The van der Waals surface area contributed by atoms with Gasteiger partial charge in [-0.2, -0.15) is 15.0 Å². The molecule has 0 saturated heterocycles. The molecule has 1 aromatic heterocycles. The van der Waals surface area contributed by atoms with Gasteiger partial charge in [0.15, 0.2) is 0 Å². The first kappa shape index (κ1) is 15.4. The number of hydrogen-bond acceptors (Lipinski definition) is 8. The highest BCUT2D eigenvalue weighted by atomic mass is 16.5. The molecule has 108 valence electrons. The minimum absolute atomic E-state index is 0.232. The molecule has 0 bridgehead atoms. The normalized spacial score (nSPS) is 10.6. The molecular weight excluding hydrogens is 248 g/mol. The molecule has 0 saturated carbocycles. The standard InChI is InChI=1S/C11H22N6O2/c1-4-19-11-15-9(14-10(16-11)17-12)13-5-6-18-7-8(2)3/h8H,4-7,12H2,1-3H3,(H2,13,14,15,16,17). The number of rotatable bonds is 9. The number of hydrogen-bond donors (Lipinski definition) is 3. The van der Waals surface area contributed by atoms with E-state index in [1.807, 2.05) is 6.92 Å². The Labute approximate surface area is 113 Å². The Morgan fingerprint density at radius 3 is 2.58 bits per heavy atom. The highest BCUT2D eigenvalue weighted by Crippen LogP contribution is 2.09. The third kappa shape index (κ3) is 6.16. The fraction of sp³-hybridized carbons (Fsp3) is 0.727. The summed E-state index contributed by atoms with van der Waals surface area (Å²) in [6, 6.07) is 0.232. The molecule has 0 aromatic carbocycles. The molecule has 0 aliphatic carbocycles. The maximum Gasteiger partial charge on any atom is 0.323 e. The molecule has 0 radical (unpaired) electrons. The Hall–Kier alpha value is -1.67. The van der Waals surface area contributed by atoms with Crippen LogP contribution in [-0.4, -0.2) is 41.3 Å². The van der Waals surface area contributed by atoms with Crippen LogP contribution in [0, 0.1) is 5.92 Å². The lowest BCUT2D eigenvalue weighted by Crippen LogP contribution is -2.17. The van der Waals surface area contributed by atoms with E-state index in [0.717, 1.165) is 6.61 Å². The second kappa shape index (κ2) is 8.44. The highest BCUT2D eigenvalue weighted by molar-refractivity contribution is 5.34. The topological polar surface area (TPSA) is 107 Å². The molecule has 8 heteroatoms. The second-order valence-electron chi connectivity index (χ2n) is 4.24.